The minimum Gasteiger partial charge on any atom is -0.383 e. The summed E-state index contributed by atoms with van der Waals surface area (Å²) >= 11 is 13.1. The lowest BCUT2D eigenvalue weighted by molar-refractivity contribution is -0.124. The normalized spacial score (nSPS) is 20.9. The molecule has 2 rings (SSSR count). The van der Waals surface area contributed by atoms with Gasteiger partial charge in [-0.25, -0.2) is 0 Å². The molecule has 1 fully saturated rings. The van der Waals surface area contributed by atoms with Gasteiger partial charge in [0.25, 0.3) is 0 Å². The first-order valence-electron chi connectivity index (χ1n) is 6.88. The van der Waals surface area contributed by atoms with Gasteiger partial charge >= 0.3 is 0 Å². The predicted molar refractivity (Wildman–Crippen MR) is 92.9 cm³/mol. The summed E-state index contributed by atoms with van der Waals surface area (Å²) in [6, 6.07) is 4.77. The van der Waals surface area contributed by atoms with Crippen LogP contribution in [0.25, 0.3) is 0 Å². The van der Waals surface area contributed by atoms with Crippen LogP contribution in [0.15, 0.2) is 18.2 Å². The second kappa shape index (κ2) is 8.75. The molecule has 0 aromatic heterocycles. The number of hydrogen-bond donors (Lipinski definition) is 3. The first-order chi connectivity index (χ1) is 11.0. The fourth-order valence-corrected chi connectivity index (χ4v) is 3.54. The molecule has 9 heteroatoms. The highest BCUT2D eigenvalue weighted by Crippen LogP contribution is 2.22. The van der Waals surface area contributed by atoms with Crippen molar-refractivity contribution in [1.82, 2.24) is 10.6 Å². The molecule has 0 bridgehead atoms. The smallest absolute Gasteiger partial charge is 0.234 e. The van der Waals surface area contributed by atoms with Gasteiger partial charge in [0.1, 0.15) is 5.50 Å². The van der Waals surface area contributed by atoms with Crippen LogP contribution >= 0.6 is 35.0 Å². The largest absolute Gasteiger partial charge is 0.383 e. The molecular weight excluding hydrogens is 361 g/mol. The molecule has 126 valence electrons. The van der Waals surface area contributed by atoms with Gasteiger partial charge in [-0.1, -0.05) is 23.2 Å². The van der Waals surface area contributed by atoms with Crippen LogP contribution in [0.1, 0.15) is 6.42 Å². The number of benzene rings is 1. The van der Waals surface area contributed by atoms with Crippen molar-refractivity contribution < 1.29 is 14.3 Å². The van der Waals surface area contributed by atoms with Crippen molar-refractivity contribution in [2.75, 3.05) is 24.8 Å². The summed E-state index contributed by atoms with van der Waals surface area (Å²) < 4.78 is 5.05. The number of halogens is 2. The van der Waals surface area contributed by atoms with Gasteiger partial charge in [0.2, 0.25) is 11.8 Å². The predicted octanol–water partition coefficient (Wildman–Crippen LogP) is 2.07. The number of amides is 2. The summed E-state index contributed by atoms with van der Waals surface area (Å²) in [6.45, 7) is 0.442. The van der Waals surface area contributed by atoms with Gasteiger partial charge < -0.3 is 15.4 Å². The van der Waals surface area contributed by atoms with E-state index in [0.29, 0.717) is 28.8 Å². The highest BCUT2D eigenvalue weighted by Gasteiger charge is 2.26. The summed E-state index contributed by atoms with van der Waals surface area (Å²) in [4.78, 5) is 23.6. The van der Waals surface area contributed by atoms with Gasteiger partial charge in [0.05, 0.1) is 12.4 Å². The van der Waals surface area contributed by atoms with Crippen molar-refractivity contribution in [1.29, 1.82) is 0 Å². The molecule has 1 aliphatic rings. The van der Waals surface area contributed by atoms with Gasteiger partial charge in [0, 0.05) is 35.3 Å². The van der Waals surface area contributed by atoms with Crippen molar-refractivity contribution in [3.8, 4) is 0 Å². The molecule has 6 nitrogen and oxygen atoms in total. The average Bonchev–Trinajstić information content (AvgIpc) is 2.44. The van der Waals surface area contributed by atoms with Gasteiger partial charge in [-0.05, 0) is 18.2 Å². The average molecular weight is 378 g/mol. The van der Waals surface area contributed by atoms with Gasteiger partial charge in [-0.3, -0.25) is 14.9 Å². The number of rotatable bonds is 6. The molecule has 2 atom stereocenters. The molecule has 0 radical (unpaired) electrons. The molecule has 23 heavy (non-hydrogen) atoms. The fourth-order valence-electron chi connectivity index (χ4n) is 2.12. The SMILES string of the molecule is COCC1CC(=O)NC(SCC(=O)Nc2cc(Cl)cc(Cl)c2)N1. The zero-order chi connectivity index (χ0) is 16.8. The van der Waals surface area contributed by atoms with E-state index in [1.807, 2.05) is 0 Å². The molecular formula is C14H17Cl2N3O3S. The third-order valence-corrected chi connectivity index (χ3v) is 4.46. The van der Waals surface area contributed by atoms with Crippen molar-refractivity contribution in [3.63, 3.8) is 0 Å². The van der Waals surface area contributed by atoms with Crippen molar-refractivity contribution in [2.45, 2.75) is 18.0 Å². The molecule has 0 spiro atoms. The molecule has 0 saturated carbocycles. The number of carbonyl (C=O) groups excluding carboxylic acids is 2. The maximum Gasteiger partial charge on any atom is 0.234 e. The van der Waals surface area contributed by atoms with Crippen molar-refractivity contribution >= 4 is 52.5 Å². The zero-order valence-electron chi connectivity index (χ0n) is 12.4. The number of nitrogens with one attached hydrogen (secondary N) is 3. The van der Waals surface area contributed by atoms with E-state index in [0.717, 1.165) is 0 Å². The third kappa shape index (κ3) is 6.19. The summed E-state index contributed by atoms with van der Waals surface area (Å²) in [5, 5.41) is 9.60. The Morgan fingerprint density at radius 3 is 2.74 bits per heavy atom. The fraction of sp³-hybridized carbons (Fsp3) is 0.429. The molecule has 1 aromatic rings. The van der Waals surface area contributed by atoms with Gasteiger partial charge in [-0.15, -0.1) is 11.8 Å². The minimum absolute atomic E-state index is 0.0546. The van der Waals surface area contributed by atoms with E-state index < -0.39 is 0 Å². The maximum atomic E-state index is 12.0. The highest BCUT2D eigenvalue weighted by molar-refractivity contribution is 8.00. The Balaban J connectivity index is 1.82. The van der Waals surface area contributed by atoms with Crippen LogP contribution in [0, 0.1) is 0 Å². The summed E-state index contributed by atoms with van der Waals surface area (Å²) in [5.74, 6) is -0.106. The molecule has 1 aliphatic heterocycles. The lowest BCUT2D eigenvalue weighted by Crippen LogP contribution is -2.56. The summed E-state index contributed by atoms with van der Waals surface area (Å²) in [7, 11) is 1.58. The number of anilines is 1. The number of thioether (sulfide) groups is 1. The Bertz CT molecular complexity index is 568. The van der Waals surface area contributed by atoms with E-state index in [2.05, 4.69) is 16.0 Å². The Morgan fingerprint density at radius 2 is 2.09 bits per heavy atom. The molecule has 1 heterocycles. The van der Waals surface area contributed by atoms with Crippen LogP contribution in [-0.4, -0.2) is 42.8 Å². The minimum atomic E-state index is -0.329. The topological polar surface area (TPSA) is 79.5 Å². The van der Waals surface area contributed by atoms with Crippen molar-refractivity contribution in [3.05, 3.63) is 28.2 Å². The quantitative estimate of drug-likeness (QED) is 0.706. The standard InChI is InChI=1S/C14H17Cl2N3O3S/c1-22-6-11-5-12(20)19-14(18-11)23-7-13(21)17-10-3-8(15)2-9(16)4-10/h2-4,11,14,18H,5-7H2,1H3,(H,17,21)(H,19,20). The Kier molecular flexibility index (Phi) is 6.98. The first kappa shape index (κ1) is 18.4. The monoisotopic (exact) mass is 377 g/mol. The Hall–Kier alpha value is -0.990. The lowest BCUT2D eigenvalue weighted by atomic mass is 10.2. The van der Waals surface area contributed by atoms with Crippen LogP contribution in [0.5, 0.6) is 0 Å². The lowest BCUT2D eigenvalue weighted by Gasteiger charge is -2.30. The van der Waals surface area contributed by atoms with Gasteiger partial charge in [-0.2, -0.15) is 0 Å². The van der Waals surface area contributed by atoms with E-state index in [-0.39, 0.29) is 29.1 Å². The molecule has 1 saturated heterocycles. The number of hydrogen-bond acceptors (Lipinski definition) is 5. The van der Waals surface area contributed by atoms with Gasteiger partial charge in [0.15, 0.2) is 0 Å². The molecule has 0 aliphatic carbocycles. The van der Waals surface area contributed by atoms with E-state index in [1.54, 1.807) is 25.3 Å². The second-order valence-electron chi connectivity index (χ2n) is 4.99. The van der Waals surface area contributed by atoms with E-state index in [9.17, 15) is 9.59 Å². The summed E-state index contributed by atoms with van der Waals surface area (Å²) in [5.41, 5.74) is 0.205. The van der Waals surface area contributed by atoms with Crippen LogP contribution in [-0.2, 0) is 14.3 Å². The maximum absolute atomic E-state index is 12.0. The van der Waals surface area contributed by atoms with E-state index >= 15 is 0 Å². The zero-order valence-corrected chi connectivity index (χ0v) is 14.7. The Morgan fingerprint density at radius 1 is 1.39 bits per heavy atom. The van der Waals surface area contributed by atoms with Crippen molar-refractivity contribution in [2.24, 2.45) is 0 Å². The van der Waals surface area contributed by atoms with Crippen LogP contribution in [0.4, 0.5) is 5.69 Å². The second-order valence-corrected chi connectivity index (χ2v) is 6.95. The summed E-state index contributed by atoms with van der Waals surface area (Å²) in [6.07, 6.45) is 0.359. The molecule has 2 unspecified atom stereocenters. The highest BCUT2D eigenvalue weighted by atomic mass is 35.5. The number of carbonyl (C=O) groups is 2. The van der Waals surface area contributed by atoms with E-state index in [4.69, 9.17) is 27.9 Å². The first-order valence-corrected chi connectivity index (χ1v) is 8.68. The number of ether oxygens (including phenoxy) is 1. The van der Waals surface area contributed by atoms with E-state index in [1.165, 1.54) is 11.8 Å². The van der Waals surface area contributed by atoms with Crippen LogP contribution in [0.3, 0.4) is 0 Å². The Labute approximate surface area is 148 Å². The molecule has 3 N–H and O–H groups in total. The van der Waals surface area contributed by atoms with Crippen LogP contribution < -0.4 is 16.0 Å². The molecule has 1 aromatic carbocycles. The number of methoxy groups -OCH3 is 1. The van der Waals surface area contributed by atoms with Crippen LogP contribution in [0.2, 0.25) is 10.0 Å². The third-order valence-electron chi connectivity index (χ3n) is 3.01. The molecule has 2 amide bonds.